The molecule has 3 aromatic carbocycles. The Kier molecular flexibility index (Phi) is 6.73. The number of benzene rings is 3. The SMILES string of the molecule is O=C(CN1C(=O)S/C(=C/c2ccccc2OCc2ccccc2)C1=O)c1ccc(Cl)cc1. The largest absolute Gasteiger partial charge is 0.488 e. The maximum absolute atomic E-state index is 12.8. The molecule has 0 saturated carbocycles. The Morgan fingerprint density at radius 1 is 0.938 bits per heavy atom. The number of halogens is 1. The lowest BCUT2D eigenvalue weighted by atomic mass is 10.1. The molecular formula is C25H18ClNO4S. The molecule has 2 amide bonds. The average Bonchev–Trinajstić information content (AvgIpc) is 3.07. The van der Waals surface area contributed by atoms with E-state index in [1.165, 1.54) is 0 Å². The first-order valence-electron chi connectivity index (χ1n) is 9.81. The second kappa shape index (κ2) is 9.85. The fourth-order valence-corrected chi connectivity index (χ4v) is 4.07. The molecule has 0 radical (unpaired) electrons. The Hall–Kier alpha value is -3.35. The predicted octanol–water partition coefficient (Wildman–Crippen LogP) is 5.84. The summed E-state index contributed by atoms with van der Waals surface area (Å²) in [6.07, 6.45) is 1.62. The van der Waals surface area contributed by atoms with Crippen LogP contribution in [0.3, 0.4) is 0 Å². The van der Waals surface area contributed by atoms with Gasteiger partial charge in [-0.15, -0.1) is 0 Å². The van der Waals surface area contributed by atoms with Crippen LogP contribution in [-0.2, 0) is 11.4 Å². The van der Waals surface area contributed by atoms with Crippen molar-refractivity contribution in [3.05, 3.63) is 105 Å². The van der Waals surface area contributed by atoms with Crippen molar-refractivity contribution in [2.24, 2.45) is 0 Å². The molecule has 1 aliphatic heterocycles. The highest BCUT2D eigenvalue weighted by atomic mass is 35.5. The molecule has 0 atom stereocenters. The number of Topliss-reactive ketones (excluding diaryl/α,β-unsaturated/α-hetero) is 1. The number of ketones is 1. The standard InChI is InChI=1S/C25H18ClNO4S/c26-20-12-10-18(11-13-20)21(28)15-27-24(29)23(32-25(27)30)14-19-8-4-5-9-22(19)31-16-17-6-2-1-3-7-17/h1-14H,15-16H2/b23-14+. The Bertz CT molecular complexity index is 1190. The number of hydrogen-bond acceptors (Lipinski definition) is 5. The van der Waals surface area contributed by atoms with E-state index in [-0.39, 0.29) is 17.2 Å². The first-order chi connectivity index (χ1) is 15.5. The molecule has 1 saturated heterocycles. The molecule has 3 aromatic rings. The Balaban J connectivity index is 1.49. The van der Waals surface area contributed by atoms with E-state index in [4.69, 9.17) is 16.3 Å². The summed E-state index contributed by atoms with van der Waals surface area (Å²) in [5, 5.41) is 0.0232. The fraction of sp³-hybridized carbons (Fsp3) is 0.0800. The summed E-state index contributed by atoms with van der Waals surface area (Å²) < 4.78 is 5.93. The van der Waals surface area contributed by atoms with Crippen molar-refractivity contribution in [3.63, 3.8) is 0 Å². The highest BCUT2D eigenvalue weighted by Gasteiger charge is 2.36. The first-order valence-corrected chi connectivity index (χ1v) is 11.0. The Morgan fingerprint density at radius 3 is 2.38 bits per heavy atom. The van der Waals surface area contributed by atoms with Gasteiger partial charge >= 0.3 is 0 Å². The zero-order chi connectivity index (χ0) is 22.5. The van der Waals surface area contributed by atoms with Crippen LogP contribution in [0.5, 0.6) is 5.75 Å². The second-order valence-electron chi connectivity index (χ2n) is 7.01. The van der Waals surface area contributed by atoms with E-state index >= 15 is 0 Å². The molecule has 32 heavy (non-hydrogen) atoms. The minimum atomic E-state index is -0.500. The molecule has 0 N–H and O–H groups in total. The zero-order valence-electron chi connectivity index (χ0n) is 16.9. The van der Waals surface area contributed by atoms with Gasteiger partial charge in [-0.1, -0.05) is 60.1 Å². The average molecular weight is 464 g/mol. The monoisotopic (exact) mass is 463 g/mol. The summed E-state index contributed by atoms with van der Waals surface area (Å²) in [7, 11) is 0. The van der Waals surface area contributed by atoms with Gasteiger partial charge in [0.05, 0.1) is 11.4 Å². The Labute approximate surface area is 194 Å². The normalized spacial score (nSPS) is 14.8. The first kappa shape index (κ1) is 21.9. The van der Waals surface area contributed by atoms with Crippen molar-refractivity contribution >= 4 is 46.4 Å². The van der Waals surface area contributed by atoms with Gasteiger partial charge in [0.2, 0.25) is 0 Å². The number of rotatable bonds is 7. The zero-order valence-corrected chi connectivity index (χ0v) is 18.4. The lowest BCUT2D eigenvalue weighted by Crippen LogP contribution is -2.33. The fourth-order valence-electron chi connectivity index (χ4n) is 3.11. The van der Waals surface area contributed by atoms with Crippen molar-refractivity contribution in [1.82, 2.24) is 4.90 Å². The van der Waals surface area contributed by atoms with Gasteiger partial charge in [0, 0.05) is 16.1 Å². The number of amides is 2. The molecule has 160 valence electrons. The minimum absolute atomic E-state index is 0.245. The van der Waals surface area contributed by atoms with E-state index in [1.54, 1.807) is 30.3 Å². The lowest BCUT2D eigenvalue weighted by molar-refractivity contribution is -0.122. The predicted molar refractivity (Wildman–Crippen MR) is 126 cm³/mol. The van der Waals surface area contributed by atoms with Gasteiger partial charge in [0.1, 0.15) is 12.4 Å². The van der Waals surface area contributed by atoms with Crippen LogP contribution in [-0.4, -0.2) is 28.4 Å². The summed E-state index contributed by atoms with van der Waals surface area (Å²) >= 11 is 6.66. The second-order valence-corrected chi connectivity index (χ2v) is 8.44. The van der Waals surface area contributed by atoms with Crippen molar-refractivity contribution in [1.29, 1.82) is 0 Å². The van der Waals surface area contributed by atoms with Crippen LogP contribution in [0, 0.1) is 0 Å². The van der Waals surface area contributed by atoms with E-state index < -0.39 is 11.1 Å². The van der Waals surface area contributed by atoms with E-state index in [0.29, 0.717) is 28.5 Å². The van der Waals surface area contributed by atoms with Crippen molar-refractivity contribution in [2.45, 2.75) is 6.61 Å². The van der Waals surface area contributed by atoms with Crippen LogP contribution in [0.25, 0.3) is 6.08 Å². The number of thioether (sulfide) groups is 1. The number of hydrogen-bond donors (Lipinski definition) is 0. The van der Waals surface area contributed by atoms with E-state index in [1.807, 2.05) is 54.6 Å². The molecular weight excluding hydrogens is 446 g/mol. The third-order valence-electron chi connectivity index (χ3n) is 4.78. The third-order valence-corrected chi connectivity index (χ3v) is 5.94. The van der Waals surface area contributed by atoms with Gasteiger partial charge in [0.15, 0.2) is 5.78 Å². The topological polar surface area (TPSA) is 63.7 Å². The van der Waals surface area contributed by atoms with Gasteiger partial charge in [-0.05, 0) is 53.7 Å². The van der Waals surface area contributed by atoms with E-state index in [2.05, 4.69) is 0 Å². The summed E-state index contributed by atoms with van der Waals surface area (Å²) in [4.78, 5) is 39.0. The van der Waals surface area contributed by atoms with E-state index in [0.717, 1.165) is 22.2 Å². The molecule has 1 heterocycles. The molecule has 1 aliphatic rings. The minimum Gasteiger partial charge on any atom is -0.488 e. The number of nitrogens with zero attached hydrogens (tertiary/aromatic N) is 1. The molecule has 0 aliphatic carbocycles. The number of para-hydroxylation sites is 1. The van der Waals surface area contributed by atoms with Gasteiger partial charge in [-0.3, -0.25) is 19.3 Å². The number of carbonyl (C=O) groups is 3. The van der Waals surface area contributed by atoms with Gasteiger partial charge in [-0.2, -0.15) is 0 Å². The van der Waals surface area contributed by atoms with Crippen LogP contribution in [0.15, 0.2) is 83.8 Å². The molecule has 0 unspecified atom stereocenters. The van der Waals surface area contributed by atoms with Crippen LogP contribution < -0.4 is 4.74 Å². The number of carbonyl (C=O) groups excluding carboxylic acids is 3. The van der Waals surface area contributed by atoms with Crippen molar-refractivity contribution in [2.75, 3.05) is 6.54 Å². The third kappa shape index (κ3) is 5.10. The maximum atomic E-state index is 12.8. The van der Waals surface area contributed by atoms with E-state index in [9.17, 15) is 14.4 Å². The quantitative estimate of drug-likeness (QED) is 0.325. The van der Waals surface area contributed by atoms with Crippen LogP contribution in [0.1, 0.15) is 21.5 Å². The van der Waals surface area contributed by atoms with Crippen LogP contribution in [0.2, 0.25) is 5.02 Å². The highest BCUT2D eigenvalue weighted by Crippen LogP contribution is 2.34. The molecule has 0 aromatic heterocycles. The Morgan fingerprint density at radius 2 is 1.62 bits per heavy atom. The van der Waals surface area contributed by atoms with Gasteiger partial charge < -0.3 is 4.74 Å². The van der Waals surface area contributed by atoms with Crippen molar-refractivity contribution < 1.29 is 19.1 Å². The number of imide groups is 1. The molecule has 1 fully saturated rings. The molecule has 4 rings (SSSR count). The molecule has 0 bridgehead atoms. The lowest BCUT2D eigenvalue weighted by Gasteiger charge is -2.11. The highest BCUT2D eigenvalue weighted by molar-refractivity contribution is 8.18. The van der Waals surface area contributed by atoms with Gasteiger partial charge in [-0.25, -0.2) is 0 Å². The molecule has 0 spiro atoms. The summed E-state index contributed by atoms with van der Waals surface area (Å²) in [6.45, 7) is 0.0541. The van der Waals surface area contributed by atoms with Gasteiger partial charge in [0.25, 0.3) is 11.1 Å². The van der Waals surface area contributed by atoms with Crippen LogP contribution in [0.4, 0.5) is 4.79 Å². The summed E-state index contributed by atoms with van der Waals surface area (Å²) in [6, 6.07) is 23.4. The summed E-state index contributed by atoms with van der Waals surface area (Å²) in [5.41, 5.74) is 2.08. The smallest absolute Gasteiger partial charge is 0.293 e. The molecule has 7 heteroatoms. The maximum Gasteiger partial charge on any atom is 0.293 e. The molecule has 5 nitrogen and oxygen atoms in total. The summed E-state index contributed by atoms with van der Waals surface area (Å²) in [5.74, 6) is -0.239. The van der Waals surface area contributed by atoms with Crippen molar-refractivity contribution in [3.8, 4) is 5.75 Å². The number of ether oxygens (including phenoxy) is 1. The van der Waals surface area contributed by atoms with Crippen LogP contribution >= 0.6 is 23.4 Å².